The third-order valence-electron chi connectivity index (χ3n) is 1.87. The average Bonchev–Trinajstić information content (AvgIpc) is 2.71. The Labute approximate surface area is 94.7 Å². The van der Waals surface area contributed by atoms with E-state index in [4.69, 9.17) is 4.42 Å². The molecule has 5 nitrogen and oxygen atoms in total. The highest BCUT2D eigenvalue weighted by Crippen LogP contribution is 2.21. The number of nitrogens with zero attached hydrogens (tertiary/aromatic N) is 4. The second kappa shape index (κ2) is 3.68. The summed E-state index contributed by atoms with van der Waals surface area (Å²) in [5.41, 5.74) is 1.90. The second-order valence-electron chi connectivity index (χ2n) is 2.88. The summed E-state index contributed by atoms with van der Waals surface area (Å²) in [6.45, 7) is 2.05. The maximum Gasteiger partial charge on any atom is 0.278 e. The van der Waals surface area contributed by atoms with Crippen LogP contribution in [-0.4, -0.2) is 20.0 Å². The quantitative estimate of drug-likeness (QED) is 0.791. The fraction of sp³-hybridized carbons (Fsp3) is 0.375. The van der Waals surface area contributed by atoms with Crippen molar-refractivity contribution in [2.75, 3.05) is 0 Å². The molecule has 2 aromatic heterocycles. The molecule has 2 aromatic rings. The molecule has 0 aliphatic carbocycles. The zero-order chi connectivity index (χ0) is 10.1. The third kappa shape index (κ3) is 1.66. The van der Waals surface area contributed by atoms with Gasteiger partial charge in [0.1, 0.15) is 0 Å². The summed E-state index contributed by atoms with van der Waals surface area (Å²) in [6, 6.07) is 0. The van der Waals surface area contributed by atoms with E-state index >= 15 is 0 Å². The van der Waals surface area contributed by atoms with E-state index in [0.29, 0.717) is 9.79 Å². The van der Waals surface area contributed by atoms with E-state index in [9.17, 15) is 0 Å². The van der Waals surface area contributed by atoms with Crippen molar-refractivity contribution in [3.05, 3.63) is 15.8 Å². The first-order valence-electron chi connectivity index (χ1n) is 4.22. The van der Waals surface area contributed by atoms with Crippen molar-refractivity contribution in [3.8, 4) is 11.5 Å². The lowest BCUT2D eigenvalue weighted by atomic mass is 10.2. The van der Waals surface area contributed by atoms with Crippen LogP contribution in [0.25, 0.3) is 11.5 Å². The molecule has 0 fully saturated rings. The molecule has 74 valence electrons. The molecule has 0 saturated heterocycles. The summed E-state index contributed by atoms with van der Waals surface area (Å²) in [6.07, 6.45) is 2.75. The molecule has 0 N–H and O–H groups in total. The molecular weight excluding hydrogens is 295 g/mol. The minimum Gasteiger partial charge on any atom is -0.412 e. The first-order valence-corrected chi connectivity index (χ1v) is 5.30. The van der Waals surface area contributed by atoms with Gasteiger partial charge in [-0.25, -0.2) is 0 Å². The van der Waals surface area contributed by atoms with E-state index in [-0.39, 0.29) is 0 Å². The van der Waals surface area contributed by atoms with Crippen molar-refractivity contribution >= 4 is 22.6 Å². The van der Waals surface area contributed by atoms with Gasteiger partial charge in [0, 0.05) is 35.8 Å². The molecule has 0 atom stereocenters. The van der Waals surface area contributed by atoms with Crippen LogP contribution in [0.4, 0.5) is 0 Å². The Kier molecular flexibility index (Phi) is 2.53. The van der Waals surface area contributed by atoms with Gasteiger partial charge in [0.15, 0.2) is 0 Å². The van der Waals surface area contributed by atoms with E-state index in [1.54, 1.807) is 4.68 Å². The van der Waals surface area contributed by atoms with Crippen LogP contribution < -0.4 is 0 Å². The minimum absolute atomic E-state index is 0.541. The Bertz CT molecular complexity index is 448. The van der Waals surface area contributed by atoms with E-state index < -0.39 is 0 Å². The molecule has 14 heavy (non-hydrogen) atoms. The lowest BCUT2D eigenvalue weighted by molar-refractivity contribution is 0.536. The van der Waals surface area contributed by atoms with Gasteiger partial charge in [-0.3, -0.25) is 4.68 Å². The molecular formula is C8H9IN4O. The summed E-state index contributed by atoms with van der Waals surface area (Å²) in [7, 11) is 1.88. The van der Waals surface area contributed by atoms with E-state index in [2.05, 4.69) is 15.3 Å². The Morgan fingerprint density at radius 3 is 2.86 bits per heavy atom. The number of aromatic nitrogens is 4. The largest absolute Gasteiger partial charge is 0.412 e. The Hall–Kier alpha value is -0.920. The molecule has 0 spiro atoms. The number of rotatable bonds is 2. The number of hydrogen-bond donors (Lipinski definition) is 0. The second-order valence-corrected chi connectivity index (χ2v) is 3.80. The minimum atomic E-state index is 0.541. The maximum absolute atomic E-state index is 5.34. The Morgan fingerprint density at radius 1 is 1.50 bits per heavy atom. The topological polar surface area (TPSA) is 56.7 Å². The summed E-state index contributed by atoms with van der Waals surface area (Å²) in [4.78, 5) is 0. The molecule has 0 saturated carbocycles. The number of halogens is 1. The van der Waals surface area contributed by atoms with Crippen molar-refractivity contribution in [1.82, 2.24) is 20.0 Å². The van der Waals surface area contributed by atoms with Gasteiger partial charge in [-0.15, -0.1) is 10.2 Å². The maximum atomic E-state index is 5.34. The van der Waals surface area contributed by atoms with Crippen LogP contribution in [0.15, 0.2) is 10.6 Å². The van der Waals surface area contributed by atoms with Gasteiger partial charge in [0.2, 0.25) is 0 Å². The number of hydrogen-bond acceptors (Lipinski definition) is 4. The first kappa shape index (κ1) is 9.63. The molecule has 0 unspecified atom stereocenters. The predicted octanol–water partition coefficient (Wildman–Crippen LogP) is 1.64. The summed E-state index contributed by atoms with van der Waals surface area (Å²) >= 11 is 1.99. The van der Waals surface area contributed by atoms with Crippen molar-refractivity contribution in [2.45, 2.75) is 13.3 Å². The van der Waals surface area contributed by atoms with Crippen LogP contribution in [0.1, 0.15) is 12.6 Å². The average molecular weight is 304 g/mol. The molecule has 0 aliphatic heterocycles. The lowest BCUT2D eigenvalue weighted by Gasteiger charge is -1.90. The van der Waals surface area contributed by atoms with Crippen LogP contribution >= 0.6 is 22.6 Å². The van der Waals surface area contributed by atoms with Crippen LogP contribution in [0.3, 0.4) is 0 Å². The molecule has 6 heteroatoms. The van der Waals surface area contributed by atoms with Crippen molar-refractivity contribution in [3.63, 3.8) is 0 Å². The van der Waals surface area contributed by atoms with Gasteiger partial charge in [-0.1, -0.05) is 6.92 Å². The van der Waals surface area contributed by atoms with Crippen LogP contribution in [0, 0.1) is 3.90 Å². The normalized spacial score (nSPS) is 10.8. The first-order chi connectivity index (χ1) is 6.70. The van der Waals surface area contributed by atoms with Crippen LogP contribution in [0.5, 0.6) is 0 Å². The van der Waals surface area contributed by atoms with Crippen LogP contribution in [0.2, 0.25) is 0 Å². The lowest BCUT2D eigenvalue weighted by Crippen LogP contribution is -1.89. The summed E-state index contributed by atoms with van der Waals surface area (Å²) < 4.78 is 7.64. The highest BCUT2D eigenvalue weighted by molar-refractivity contribution is 14.1. The van der Waals surface area contributed by atoms with Crippen molar-refractivity contribution in [1.29, 1.82) is 0 Å². The molecule has 0 bridgehead atoms. The Morgan fingerprint density at radius 2 is 2.29 bits per heavy atom. The smallest absolute Gasteiger partial charge is 0.278 e. The molecule has 0 amide bonds. The van der Waals surface area contributed by atoms with Gasteiger partial charge in [-0.05, 0) is 6.42 Å². The van der Waals surface area contributed by atoms with Crippen LogP contribution in [-0.2, 0) is 13.5 Å². The van der Waals surface area contributed by atoms with E-state index in [1.165, 1.54) is 0 Å². The zero-order valence-electron chi connectivity index (χ0n) is 7.86. The molecule has 0 radical (unpaired) electrons. The van der Waals surface area contributed by atoms with Gasteiger partial charge in [0.25, 0.3) is 9.79 Å². The van der Waals surface area contributed by atoms with Crippen molar-refractivity contribution in [2.24, 2.45) is 7.05 Å². The highest BCUT2D eigenvalue weighted by Gasteiger charge is 2.13. The summed E-state index contributed by atoms with van der Waals surface area (Å²) in [5.74, 6) is 0.541. The van der Waals surface area contributed by atoms with Crippen molar-refractivity contribution < 1.29 is 4.42 Å². The molecule has 2 heterocycles. The standard InChI is InChI=1S/C8H9IN4O/c1-3-6-5(4-13(2)12-6)7-10-11-8(9)14-7/h4H,3H2,1-2H3. The monoisotopic (exact) mass is 304 g/mol. The predicted molar refractivity (Wildman–Crippen MR) is 58.6 cm³/mol. The molecule has 0 aliphatic rings. The third-order valence-corrected chi connectivity index (χ3v) is 2.31. The van der Waals surface area contributed by atoms with E-state index in [1.807, 2.05) is 42.8 Å². The van der Waals surface area contributed by atoms with Gasteiger partial charge in [0.05, 0.1) is 11.3 Å². The fourth-order valence-electron chi connectivity index (χ4n) is 1.29. The molecule has 2 rings (SSSR count). The summed E-state index contributed by atoms with van der Waals surface area (Å²) in [5, 5.41) is 12.0. The molecule has 0 aromatic carbocycles. The Balaban J connectivity index is 2.49. The zero-order valence-corrected chi connectivity index (χ0v) is 10.0. The fourth-order valence-corrected chi connectivity index (χ4v) is 1.60. The van der Waals surface area contributed by atoms with E-state index in [0.717, 1.165) is 17.7 Å². The number of aryl methyl sites for hydroxylation is 2. The SMILES string of the molecule is CCc1nn(C)cc1-c1nnc(I)o1. The van der Waals surface area contributed by atoms with Gasteiger partial charge >= 0.3 is 0 Å². The van der Waals surface area contributed by atoms with Gasteiger partial charge < -0.3 is 4.42 Å². The van der Waals surface area contributed by atoms with Gasteiger partial charge in [-0.2, -0.15) is 5.10 Å². The highest BCUT2D eigenvalue weighted by atomic mass is 127.